The first-order valence-corrected chi connectivity index (χ1v) is 22.9. The summed E-state index contributed by atoms with van der Waals surface area (Å²) in [7, 11) is 0. The number of nitrogens with zero attached hydrogens (tertiary/aromatic N) is 4. The summed E-state index contributed by atoms with van der Waals surface area (Å²) in [5.74, 6) is 1.21. The van der Waals surface area contributed by atoms with Gasteiger partial charge in [0.05, 0.1) is 11.7 Å². The van der Waals surface area contributed by atoms with E-state index >= 15 is 0 Å². The normalized spacial score (nSPS) is 15.1. The van der Waals surface area contributed by atoms with E-state index < -0.39 is 0 Å². The molecule has 0 spiro atoms. The van der Waals surface area contributed by atoms with Crippen LogP contribution >= 0.6 is 0 Å². The Morgan fingerprint density at radius 2 is 1.17 bits per heavy atom. The average molecular weight is 1040 g/mol. The van der Waals surface area contributed by atoms with Gasteiger partial charge in [0.15, 0.2) is 0 Å². The van der Waals surface area contributed by atoms with Crippen LogP contribution < -0.4 is 14.5 Å². The molecule has 11 rings (SSSR count). The van der Waals surface area contributed by atoms with E-state index in [2.05, 4.69) is 230 Å². The fraction of sp³-hybridized carbons (Fsp3) is 0.233. The molecule has 0 radical (unpaired) electrons. The third-order valence-corrected chi connectivity index (χ3v) is 14.6. The molecule has 1 aliphatic carbocycles. The molecule has 7 aromatic carbocycles. The summed E-state index contributed by atoms with van der Waals surface area (Å²) in [6, 6.07) is 57.6. The number of fused-ring (bicyclic) bond motifs is 4. The Kier molecular flexibility index (Phi) is 10.2. The predicted octanol–water partition coefficient (Wildman–Crippen LogP) is 15.9. The molecule has 0 amide bonds. The molecule has 2 aliphatic rings. The first kappa shape index (κ1) is 43.7. The van der Waals surface area contributed by atoms with E-state index in [1.807, 2.05) is 18.2 Å². The molecule has 0 unspecified atom stereocenters. The van der Waals surface area contributed by atoms with Crippen LogP contribution in [0.25, 0.3) is 49.4 Å². The van der Waals surface area contributed by atoms with Crippen LogP contribution in [0.3, 0.4) is 0 Å². The van der Waals surface area contributed by atoms with Crippen molar-refractivity contribution in [1.82, 2.24) is 9.61 Å². The van der Waals surface area contributed by atoms with Crippen molar-refractivity contribution in [2.24, 2.45) is 0 Å². The maximum atomic E-state index is 6.69. The second-order valence-corrected chi connectivity index (χ2v) is 21.1. The van der Waals surface area contributed by atoms with Crippen molar-refractivity contribution < 1.29 is 25.8 Å². The minimum Gasteiger partial charge on any atom is -0.509 e. The third-order valence-electron chi connectivity index (χ3n) is 14.6. The number of pyridine rings is 1. The maximum absolute atomic E-state index is 6.69. The predicted molar refractivity (Wildman–Crippen MR) is 270 cm³/mol. The van der Waals surface area contributed by atoms with Crippen LogP contribution in [0.2, 0.25) is 0 Å². The molecule has 0 fully saturated rings. The Balaban J connectivity index is 0.00000511. The Hall–Kier alpha value is -6.16. The van der Waals surface area contributed by atoms with Gasteiger partial charge in [0.2, 0.25) is 0 Å². The van der Waals surface area contributed by atoms with Gasteiger partial charge < -0.3 is 14.5 Å². The molecule has 5 nitrogen and oxygen atoms in total. The number of rotatable bonds is 6. The van der Waals surface area contributed by atoms with Gasteiger partial charge in [0.1, 0.15) is 0 Å². The zero-order valence-corrected chi connectivity index (χ0v) is 41.7. The SMILES string of the molecule is CC(C)(C)c1cc(-c2cccc(-c3ccccc3)c2N2[CH-]N(c3[c-]c(Oc4[c-]c5c(cc4)c4cccc6c4c4c(cnn54)C(C)(C)C6(C)C)ccc3)c3ccccc32)cc(C(C)(C)C)c1.[Pt]. The Labute approximate surface area is 404 Å². The van der Waals surface area contributed by atoms with Gasteiger partial charge in [-0.2, -0.15) is 17.2 Å². The standard InChI is InChI=1S/C60H55N4O.Pt/c1-57(2,3)40-31-39(32-41(33-40)58(4,5)6)46-24-17-23-45(38-19-12-11-13-20-38)55(46)63-37-62(51-27-14-15-28-52(51)63)42-21-16-22-43(34-42)65-44-29-30-47-48-25-18-26-49-54(48)56-50(60(9,10)59(49,7)8)36-61-64(56)53(47)35-44;/h11-33,36-37H,1-10H3;/q-3;. The van der Waals surface area contributed by atoms with E-state index in [9.17, 15) is 0 Å². The second-order valence-electron chi connectivity index (χ2n) is 21.1. The number of hydrogen-bond donors (Lipinski definition) is 0. The topological polar surface area (TPSA) is 33.0 Å². The molecule has 66 heavy (non-hydrogen) atoms. The summed E-state index contributed by atoms with van der Waals surface area (Å²) in [6.45, 7) is 25.4. The summed E-state index contributed by atoms with van der Waals surface area (Å²) in [6.07, 6.45) is 2.06. The summed E-state index contributed by atoms with van der Waals surface area (Å²) >= 11 is 0. The van der Waals surface area contributed by atoms with Crippen LogP contribution in [0.15, 0.2) is 146 Å². The number of anilines is 4. The van der Waals surface area contributed by atoms with E-state index in [4.69, 9.17) is 9.84 Å². The molecule has 2 aromatic heterocycles. The first-order valence-electron chi connectivity index (χ1n) is 22.9. The zero-order valence-electron chi connectivity index (χ0n) is 39.4. The van der Waals surface area contributed by atoms with Crippen molar-refractivity contribution in [2.45, 2.75) is 90.9 Å². The molecule has 0 N–H and O–H groups in total. The van der Waals surface area contributed by atoms with Crippen LogP contribution in [0.4, 0.5) is 22.7 Å². The number of hydrogen-bond acceptors (Lipinski definition) is 4. The van der Waals surface area contributed by atoms with Crippen LogP contribution in [0.1, 0.15) is 91.5 Å². The van der Waals surface area contributed by atoms with Crippen LogP contribution in [-0.4, -0.2) is 9.61 Å². The number of para-hydroxylation sites is 3. The molecular formula is C60H55N4OPt-3. The monoisotopic (exact) mass is 1040 g/mol. The third kappa shape index (κ3) is 6.79. The minimum atomic E-state index is -0.119. The minimum absolute atomic E-state index is 0. The van der Waals surface area contributed by atoms with Crippen molar-refractivity contribution >= 4 is 49.9 Å². The number of ether oxygens (including phenoxy) is 1. The van der Waals surface area contributed by atoms with Crippen molar-refractivity contribution in [3.8, 4) is 33.8 Å². The summed E-state index contributed by atoms with van der Waals surface area (Å²) in [4.78, 5) is 4.59. The van der Waals surface area contributed by atoms with Gasteiger partial charge >= 0.3 is 0 Å². The fourth-order valence-electron chi connectivity index (χ4n) is 10.1. The molecule has 6 heteroatoms. The molecule has 0 atom stereocenters. The van der Waals surface area contributed by atoms with Gasteiger partial charge in [0.25, 0.3) is 0 Å². The fourth-order valence-corrected chi connectivity index (χ4v) is 10.1. The van der Waals surface area contributed by atoms with Crippen molar-refractivity contribution in [1.29, 1.82) is 0 Å². The van der Waals surface area contributed by atoms with Crippen LogP contribution in [0.5, 0.6) is 11.5 Å². The quantitative estimate of drug-likeness (QED) is 0.123. The second kappa shape index (κ2) is 15.5. The zero-order chi connectivity index (χ0) is 45.2. The summed E-state index contributed by atoms with van der Waals surface area (Å²) < 4.78 is 8.77. The van der Waals surface area contributed by atoms with Crippen molar-refractivity contribution in [3.05, 3.63) is 187 Å². The van der Waals surface area contributed by atoms with E-state index in [-0.39, 0.29) is 42.7 Å². The summed E-state index contributed by atoms with van der Waals surface area (Å²) in [5.41, 5.74) is 15.9. The molecule has 0 bridgehead atoms. The Morgan fingerprint density at radius 3 is 1.86 bits per heavy atom. The van der Waals surface area contributed by atoms with Gasteiger partial charge in [-0.3, -0.25) is 4.52 Å². The van der Waals surface area contributed by atoms with Gasteiger partial charge in [0, 0.05) is 71.7 Å². The van der Waals surface area contributed by atoms with E-state index in [0.717, 1.165) is 50.3 Å². The van der Waals surface area contributed by atoms with Crippen LogP contribution in [-0.2, 0) is 42.7 Å². The van der Waals surface area contributed by atoms with Gasteiger partial charge in [-0.05, 0) is 67.1 Å². The maximum Gasteiger partial charge on any atom is 0.0752 e. The van der Waals surface area contributed by atoms with Gasteiger partial charge in [-0.15, -0.1) is 48.1 Å². The smallest absolute Gasteiger partial charge is 0.0752 e. The molecular weight excluding hydrogens is 988 g/mol. The molecule has 9 aromatic rings. The van der Waals surface area contributed by atoms with E-state index in [1.165, 1.54) is 44.2 Å². The molecule has 0 saturated heterocycles. The summed E-state index contributed by atoms with van der Waals surface area (Å²) in [5, 5.41) is 8.61. The molecule has 1 aliphatic heterocycles. The van der Waals surface area contributed by atoms with Gasteiger partial charge in [-0.1, -0.05) is 172 Å². The molecule has 3 heterocycles. The Bertz CT molecular complexity index is 3340. The molecule has 0 saturated carbocycles. The average Bonchev–Trinajstić information content (AvgIpc) is 3.92. The number of aromatic nitrogens is 2. The molecule has 334 valence electrons. The van der Waals surface area contributed by atoms with Crippen molar-refractivity contribution in [2.75, 3.05) is 9.80 Å². The van der Waals surface area contributed by atoms with E-state index in [0.29, 0.717) is 11.5 Å². The Morgan fingerprint density at radius 1 is 0.561 bits per heavy atom. The van der Waals surface area contributed by atoms with E-state index in [1.54, 1.807) is 0 Å². The van der Waals surface area contributed by atoms with Crippen LogP contribution in [0, 0.1) is 18.8 Å². The number of benzene rings is 7. The first-order chi connectivity index (χ1) is 31.0. The van der Waals surface area contributed by atoms with Gasteiger partial charge in [-0.25, -0.2) is 0 Å². The van der Waals surface area contributed by atoms with Crippen molar-refractivity contribution in [3.63, 3.8) is 0 Å². The largest absolute Gasteiger partial charge is 0.509 e.